The molecule has 0 atom stereocenters. The molecule has 6 nitrogen and oxygen atoms in total. The number of hydrogen-bond donors (Lipinski definition) is 2. The first kappa shape index (κ1) is 22.0. The third-order valence-electron chi connectivity index (χ3n) is 2.80. The zero-order valence-electron chi connectivity index (χ0n) is 14.6. The Balaban J connectivity index is 3.33. The van der Waals surface area contributed by atoms with Crippen LogP contribution in [0.25, 0.3) is 0 Å². The lowest BCUT2D eigenvalue weighted by molar-refractivity contribution is -0.153. The highest BCUT2D eigenvalue weighted by Gasteiger charge is 2.30. The number of benzene rings is 1. The van der Waals surface area contributed by atoms with Crippen LogP contribution in [0.4, 0.5) is 23.2 Å². The Kier molecular flexibility index (Phi) is 6.50. The molecule has 0 aliphatic heterocycles. The van der Waals surface area contributed by atoms with Gasteiger partial charge in [0, 0.05) is 25.6 Å². The summed E-state index contributed by atoms with van der Waals surface area (Å²) in [5.74, 6) is -2.72. The van der Waals surface area contributed by atoms with E-state index in [-0.39, 0.29) is 17.6 Å². The number of anilines is 1. The van der Waals surface area contributed by atoms with Crippen LogP contribution in [0, 0.1) is 11.2 Å². The number of carbonyl (C=O) groups excluding carboxylic acids is 1. The van der Waals surface area contributed by atoms with Gasteiger partial charge in [0.1, 0.15) is 16.5 Å². The van der Waals surface area contributed by atoms with Gasteiger partial charge < -0.3 is 10.1 Å². The fraction of sp³-hybridized carbons (Fsp3) is 0.533. The molecule has 1 rings (SSSR count). The van der Waals surface area contributed by atoms with Crippen LogP contribution in [0.5, 0.6) is 5.75 Å². The number of rotatable bonds is 6. The molecule has 0 aliphatic carbocycles. The van der Waals surface area contributed by atoms with E-state index in [0.717, 1.165) is 6.92 Å². The minimum Gasteiger partial charge on any atom is -0.482 e. The average Bonchev–Trinajstić information content (AvgIpc) is 2.40. The van der Waals surface area contributed by atoms with Gasteiger partial charge in [-0.1, -0.05) is 20.8 Å². The molecule has 0 unspecified atom stereocenters. The summed E-state index contributed by atoms with van der Waals surface area (Å²) < 4.78 is 81.7. The van der Waals surface area contributed by atoms with Crippen LogP contribution >= 0.6 is 0 Å². The molecule has 1 aromatic rings. The number of halogens is 4. The van der Waals surface area contributed by atoms with Gasteiger partial charge in [-0.05, 0) is 5.41 Å². The molecule has 0 aromatic heterocycles. The zero-order chi connectivity index (χ0) is 20.3. The summed E-state index contributed by atoms with van der Waals surface area (Å²) in [4.78, 5) is 9.97. The van der Waals surface area contributed by atoms with Gasteiger partial charge in [-0.2, -0.15) is 13.2 Å². The maximum Gasteiger partial charge on any atom is 0.422 e. The highest BCUT2D eigenvalue weighted by Crippen LogP contribution is 2.32. The van der Waals surface area contributed by atoms with Gasteiger partial charge in [0.15, 0.2) is 6.61 Å². The van der Waals surface area contributed by atoms with Crippen LogP contribution in [0.2, 0.25) is 0 Å². The second-order valence-electron chi connectivity index (χ2n) is 6.76. The van der Waals surface area contributed by atoms with Crippen molar-refractivity contribution in [2.24, 2.45) is 5.41 Å². The summed E-state index contributed by atoms with van der Waals surface area (Å²) >= 11 is 0. The van der Waals surface area contributed by atoms with Crippen LogP contribution in [0.15, 0.2) is 17.0 Å². The molecule has 0 fully saturated rings. The molecule has 0 aliphatic rings. The third-order valence-corrected chi connectivity index (χ3v) is 4.25. The van der Waals surface area contributed by atoms with E-state index in [4.69, 9.17) is 0 Å². The summed E-state index contributed by atoms with van der Waals surface area (Å²) in [7, 11) is -4.59. The quantitative estimate of drug-likeness (QED) is 0.717. The van der Waals surface area contributed by atoms with Crippen LogP contribution in [0.3, 0.4) is 0 Å². The highest BCUT2D eigenvalue weighted by molar-refractivity contribution is 7.90. The van der Waals surface area contributed by atoms with Crippen LogP contribution in [-0.2, 0) is 14.8 Å². The van der Waals surface area contributed by atoms with Gasteiger partial charge in [0.2, 0.25) is 5.91 Å². The molecule has 0 saturated heterocycles. The Bertz CT molecular complexity index is 771. The minimum absolute atomic E-state index is 0.136. The van der Waals surface area contributed by atoms with E-state index in [2.05, 4.69) is 10.1 Å². The van der Waals surface area contributed by atoms with Crippen molar-refractivity contribution in [3.63, 3.8) is 0 Å². The monoisotopic (exact) mass is 400 g/mol. The van der Waals surface area contributed by atoms with Crippen molar-refractivity contribution in [1.29, 1.82) is 0 Å². The first-order valence-corrected chi connectivity index (χ1v) is 8.89. The van der Waals surface area contributed by atoms with Crippen molar-refractivity contribution in [2.75, 3.05) is 18.5 Å². The third kappa shape index (κ3) is 7.06. The summed E-state index contributed by atoms with van der Waals surface area (Å²) in [6, 6.07) is 1.32. The highest BCUT2D eigenvalue weighted by atomic mass is 32.2. The molecular weight excluding hydrogens is 380 g/mol. The van der Waals surface area contributed by atoms with Crippen molar-refractivity contribution >= 4 is 21.6 Å². The number of nitrogens with one attached hydrogen (secondary N) is 2. The fourth-order valence-corrected chi connectivity index (χ4v) is 2.83. The Morgan fingerprint density at radius 1 is 1.19 bits per heavy atom. The Morgan fingerprint density at radius 3 is 2.23 bits per heavy atom. The predicted octanol–water partition coefficient (Wildman–Crippen LogP) is 3.05. The Morgan fingerprint density at radius 2 is 1.77 bits per heavy atom. The topological polar surface area (TPSA) is 84.5 Å². The molecule has 11 heteroatoms. The molecule has 1 aromatic carbocycles. The number of alkyl halides is 3. The van der Waals surface area contributed by atoms with Gasteiger partial charge in [-0.15, -0.1) is 0 Å². The number of sulfonamides is 1. The molecule has 2 N–H and O–H groups in total. The number of ether oxygens (including phenoxy) is 1. The number of hydrogen-bond acceptors (Lipinski definition) is 5. The largest absolute Gasteiger partial charge is 0.482 e. The fourth-order valence-electron chi connectivity index (χ4n) is 1.76. The first-order chi connectivity index (χ1) is 11.6. The van der Waals surface area contributed by atoms with Gasteiger partial charge in [-0.25, -0.2) is 17.5 Å². The number of carbonyl (C=O) groups is 1. The van der Waals surface area contributed by atoms with Gasteiger partial charge in [0.05, 0.1) is 5.69 Å². The standard InChI is InChI=1S/C15H20F4N2O4S/c1-9(22)21-26(23,24)13-6-12(25-8-15(17,18)19)11(5-10(13)16)20-7-14(2,3)4/h5-6,20H,7-8H2,1-4H3,(H,21,22). The molecule has 26 heavy (non-hydrogen) atoms. The van der Waals surface area contributed by atoms with E-state index in [1.165, 1.54) is 0 Å². The lowest BCUT2D eigenvalue weighted by Crippen LogP contribution is -2.29. The predicted molar refractivity (Wildman–Crippen MR) is 86.9 cm³/mol. The second kappa shape index (κ2) is 7.68. The molecule has 0 heterocycles. The van der Waals surface area contributed by atoms with E-state index < -0.39 is 45.2 Å². The average molecular weight is 400 g/mol. The number of amides is 1. The Hall–Kier alpha value is -2.04. The van der Waals surface area contributed by atoms with E-state index >= 15 is 0 Å². The van der Waals surface area contributed by atoms with Crippen molar-refractivity contribution in [3.05, 3.63) is 17.9 Å². The molecule has 0 bridgehead atoms. The summed E-state index contributed by atoms with van der Waals surface area (Å²) in [5, 5.41) is 2.74. The Labute approximate surface area is 149 Å². The van der Waals surface area contributed by atoms with Crippen LogP contribution in [0.1, 0.15) is 27.7 Å². The normalized spacial score (nSPS) is 12.6. The molecule has 0 spiro atoms. The van der Waals surface area contributed by atoms with Crippen LogP contribution in [-0.4, -0.2) is 33.7 Å². The zero-order valence-corrected chi connectivity index (χ0v) is 15.4. The molecule has 148 valence electrons. The van der Waals surface area contributed by atoms with Gasteiger partial charge >= 0.3 is 6.18 Å². The molecule has 0 saturated carbocycles. The van der Waals surface area contributed by atoms with Crippen LogP contribution < -0.4 is 14.8 Å². The lowest BCUT2D eigenvalue weighted by atomic mass is 9.97. The van der Waals surface area contributed by atoms with Gasteiger partial charge in [-0.3, -0.25) is 4.79 Å². The van der Waals surface area contributed by atoms with Crippen molar-refractivity contribution in [1.82, 2.24) is 4.72 Å². The molecular formula is C15H20F4N2O4S. The maximum atomic E-state index is 14.2. The summed E-state index contributed by atoms with van der Waals surface area (Å²) in [5.41, 5.74) is -0.429. The smallest absolute Gasteiger partial charge is 0.422 e. The SMILES string of the molecule is CC(=O)NS(=O)(=O)c1cc(OCC(F)(F)F)c(NCC(C)(C)C)cc1F. The van der Waals surface area contributed by atoms with Gasteiger partial charge in [0.25, 0.3) is 10.0 Å². The van der Waals surface area contributed by atoms with E-state index in [0.29, 0.717) is 12.1 Å². The molecule has 1 amide bonds. The lowest BCUT2D eigenvalue weighted by Gasteiger charge is -2.22. The van der Waals surface area contributed by atoms with E-state index in [1.54, 1.807) is 4.72 Å². The second-order valence-corrected chi connectivity index (χ2v) is 8.41. The first-order valence-electron chi connectivity index (χ1n) is 7.41. The van der Waals surface area contributed by atoms with E-state index in [1.807, 2.05) is 20.8 Å². The van der Waals surface area contributed by atoms with E-state index in [9.17, 15) is 30.8 Å². The minimum atomic E-state index is -4.67. The molecule has 0 radical (unpaired) electrons. The maximum absolute atomic E-state index is 14.2. The van der Waals surface area contributed by atoms with Crippen molar-refractivity contribution in [2.45, 2.75) is 38.8 Å². The summed E-state index contributed by atoms with van der Waals surface area (Å²) in [6.07, 6.45) is -4.67. The van der Waals surface area contributed by atoms with Crippen molar-refractivity contribution < 1.29 is 35.5 Å². The van der Waals surface area contributed by atoms with Crippen molar-refractivity contribution in [3.8, 4) is 5.75 Å². The summed E-state index contributed by atoms with van der Waals surface area (Å²) in [6.45, 7) is 4.97.